The van der Waals surface area contributed by atoms with E-state index >= 15 is 0 Å². The number of rotatable bonds is 5. The monoisotopic (exact) mass is 339 g/mol. The van der Waals surface area contributed by atoms with E-state index in [1.54, 1.807) is 23.3 Å². The number of nitrogen functional groups attached to an aromatic ring is 1. The lowest BCUT2D eigenvalue weighted by atomic mass is 9.96. The number of nitrogens with two attached hydrogens (primary N) is 1. The summed E-state index contributed by atoms with van der Waals surface area (Å²) in [7, 11) is 1.80. The van der Waals surface area contributed by atoms with Gasteiger partial charge in [-0.25, -0.2) is 4.68 Å². The van der Waals surface area contributed by atoms with E-state index in [0.29, 0.717) is 23.3 Å². The van der Waals surface area contributed by atoms with Gasteiger partial charge in [-0.1, -0.05) is 38.6 Å². The lowest BCUT2D eigenvalue weighted by molar-refractivity contribution is -0.127. The van der Waals surface area contributed by atoms with Crippen LogP contribution in [0.4, 0.5) is 0 Å². The van der Waals surface area contributed by atoms with E-state index in [4.69, 9.17) is 5.84 Å². The van der Waals surface area contributed by atoms with E-state index in [-0.39, 0.29) is 11.3 Å². The Hall–Kier alpha value is -1.54. The van der Waals surface area contributed by atoms with Crippen molar-refractivity contribution in [3.63, 3.8) is 0 Å². The van der Waals surface area contributed by atoms with Crippen LogP contribution in [0, 0.1) is 0 Å². The largest absolute Gasteiger partial charge is 0.340 e. The maximum absolute atomic E-state index is 12.2. The summed E-state index contributed by atoms with van der Waals surface area (Å²) in [6.45, 7) is 6.69. The molecular weight excluding hydrogens is 318 g/mol. The molecule has 0 saturated heterocycles. The highest BCUT2D eigenvalue weighted by Gasteiger charge is 2.23. The number of thioether (sulfide) groups is 1. The number of aromatic nitrogens is 3. The highest BCUT2D eigenvalue weighted by molar-refractivity contribution is 7.99. The van der Waals surface area contributed by atoms with Crippen LogP contribution in [0.2, 0.25) is 0 Å². The van der Waals surface area contributed by atoms with Gasteiger partial charge in [-0.15, -0.1) is 21.5 Å². The van der Waals surface area contributed by atoms with Crippen LogP contribution in [0.25, 0.3) is 0 Å². The maximum Gasteiger partial charge on any atom is 0.233 e. The Morgan fingerprint density at radius 3 is 2.73 bits per heavy atom. The minimum atomic E-state index is -0.180. The molecule has 2 aromatic heterocycles. The first-order chi connectivity index (χ1) is 10.3. The maximum atomic E-state index is 12.2. The van der Waals surface area contributed by atoms with Gasteiger partial charge in [0.15, 0.2) is 5.82 Å². The van der Waals surface area contributed by atoms with Crippen molar-refractivity contribution in [3.05, 3.63) is 28.2 Å². The number of carbonyl (C=O) groups excluding carboxylic acids is 1. The van der Waals surface area contributed by atoms with Crippen molar-refractivity contribution in [3.8, 4) is 0 Å². The summed E-state index contributed by atoms with van der Waals surface area (Å²) >= 11 is 2.95. The number of hydrogen-bond donors (Lipinski definition) is 1. The zero-order chi connectivity index (χ0) is 16.3. The van der Waals surface area contributed by atoms with E-state index in [9.17, 15) is 4.79 Å². The molecule has 0 aliphatic carbocycles. The molecule has 0 aliphatic heterocycles. The quantitative estimate of drug-likeness (QED) is 0.667. The van der Waals surface area contributed by atoms with Crippen molar-refractivity contribution in [2.75, 3.05) is 18.6 Å². The number of carbonyl (C=O) groups is 1. The molecule has 2 aromatic rings. The molecule has 0 spiro atoms. The van der Waals surface area contributed by atoms with Crippen LogP contribution in [0.15, 0.2) is 22.7 Å². The Morgan fingerprint density at radius 2 is 2.18 bits per heavy atom. The molecule has 1 amide bonds. The SMILES string of the molecule is CN(Cc1cccs1)C(=O)CSc1nnc(C(C)(C)C)n1N. The smallest absolute Gasteiger partial charge is 0.233 e. The summed E-state index contributed by atoms with van der Waals surface area (Å²) < 4.78 is 1.47. The third kappa shape index (κ3) is 4.01. The van der Waals surface area contributed by atoms with Gasteiger partial charge >= 0.3 is 0 Å². The molecule has 0 saturated carbocycles. The van der Waals surface area contributed by atoms with Crippen molar-refractivity contribution in [2.24, 2.45) is 0 Å². The molecule has 120 valence electrons. The molecular formula is C14H21N5OS2. The fraction of sp³-hybridized carbons (Fsp3) is 0.500. The van der Waals surface area contributed by atoms with Gasteiger partial charge < -0.3 is 10.7 Å². The summed E-state index contributed by atoms with van der Waals surface area (Å²) in [5, 5.41) is 10.8. The van der Waals surface area contributed by atoms with Gasteiger partial charge in [0, 0.05) is 17.3 Å². The topological polar surface area (TPSA) is 77.0 Å². The lowest BCUT2D eigenvalue weighted by Crippen LogP contribution is -2.28. The second-order valence-corrected chi connectivity index (χ2v) is 8.02. The second-order valence-electron chi connectivity index (χ2n) is 6.04. The van der Waals surface area contributed by atoms with Crippen LogP contribution in [0.3, 0.4) is 0 Å². The Labute approximate surface area is 138 Å². The van der Waals surface area contributed by atoms with Gasteiger partial charge in [0.1, 0.15) is 0 Å². The average Bonchev–Trinajstić information content (AvgIpc) is 3.05. The highest BCUT2D eigenvalue weighted by Crippen LogP contribution is 2.23. The molecule has 2 rings (SSSR count). The third-order valence-corrected chi connectivity index (χ3v) is 4.85. The van der Waals surface area contributed by atoms with Gasteiger partial charge in [0.05, 0.1) is 12.3 Å². The molecule has 0 bridgehead atoms. The summed E-state index contributed by atoms with van der Waals surface area (Å²) in [6.07, 6.45) is 0. The lowest BCUT2D eigenvalue weighted by Gasteiger charge is -2.17. The molecule has 2 N–H and O–H groups in total. The molecule has 6 nitrogen and oxygen atoms in total. The fourth-order valence-electron chi connectivity index (χ4n) is 1.85. The van der Waals surface area contributed by atoms with Crippen LogP contribution in [0.5, 0.6) is 0 Å². The summed E-state index contributed by atoms with van der Waals surface area (Å²) in [6, 6.07) is 4.01. The minimum Gasteiger partial charge on any atom is -0.340 e. The zero-order valence-corrected chi connectivity index (χ0v) is 14.9. The Balaban J connectivity index is 1.92. The second kappa shape index (κ2) is 6.70. The molecule has 0 unspecified atom stereocenters. The zero-order valence-electron chi connectivity index (χ0n) is 13.2. The summed E-state index contributed by atoms with van der Waals surface area (Å²) in [4.78, 5) is 15.0. The Kier molecular flexibility index (Phi) is 5.12. The van der Waals surface area contributed by atoms with Crippen molar-refractivity contribution < 1.29 is 4.79 Å². The minimum absolute atomic E-state index is 0.0405. The van der Waals surface area contributed by atoms with Crippen LogP contribution < -0.4 is 5.84 Å². The predicted octanol–water partition coefficient (Wildman–Crippen LogP) is 2.10. The number of hydrogen-bond acceptors (Lipinski definition) is 6. The van der Waals surface area contributed by atoms with Crippen molar-refractivity contribution in [1.82, 2.24) is 19.8 Å². The first-order valence-electron chi connectivity index (χ1n) is 6.89. The molecule has 22 heavy (non-hydrogen) atoms. The average molecular weight is 339 g/mol. The molecule has 0 aliphatic rings. The van der Waals surface area contributed by atoms with Crippen molar-refractivity contribution in [2.45, 2.75) is 37.9 Å². The van der Waals surface area contributed by atoms with Gasteiger partial charge in [-0.05, 0) is 11.4 Å². The third-order valence-electron chi connectivity index (χ3n) is 3.06. The fourth-order valence-corrected chi connectivity index (χ4v) is 3.40. The standard InChI is InChI=1S/C14H21N5OS2/c1-14(2,3)12-16-17-13(19(12)15)22-9-11(20)18(4)8-10-6-5-7-21-10/h5-7H,8-9,15H2,1-4H3. The number of thiophene rings is 1. The first-order valence-corrected chi connectivity index (χ1v) is 8.75. The van der Waals surface area contributed by atoms with Crippen LogP contribution >= 0.6 is 23.1 Å². The first kappa shape index (κ1) is 16.8. The molecule has 0 radical (unpaired) electrons. The highest BCUT2D eigenvalue weighted by atomic mass is 32.2. The normalized spacial score (nSPS) is 11.6. The summed E-state index contributed by atoms with van der Waals surface area (Å²) in [5.74, 6) is 7.05. The predicted molar refractivity (Wildman–Crippen MR) is 90.4 cm³/mol. The van der Waals surface area contributed by atoms with Crippen molar-refractivity contribution in [1.29, 1.82) is 0 Å². The van der Waals surface area contributed by atoms with E-state index in [0.717, 1.165) is 4.88 Å². The Bertz CT molecular complexity index is 630. The molecule has 0 fully saturated rings. The van der Waals surface area contributed by atoms with Crippen LogP contribution in [-0.2, 0) is 16.8 Å². The van der Waals surface area contributed by atoms with E-state index < -0.39 is 0 Å². The van der Waals surface area contributed by atoms with Gasteiger partial charge in [-0.3, -0.25) is 4.79 Å². The van der Waals surface area contributed by atoms with E-state index in [1.165, 1.54) is 16.4 Å². The van der Waals surface area contributed by atoms with Gasteiger partial charge in [0.2, 0.25) is 11.1 Å². The number of nitrogens with zero attached hydrogens (tertiary/aromatic N) is 4. The van der Waals surface area contributed by atoms with Gasteiger partial charge in [0.25, 0.3) is 0 Å². The van der Waals surface area contributed by atoms with Crippen molar-refractivity contribution >= 4 is 29.0 Å². The van der Waals surface area contributed by atoms with Gasteiger partial charge in [-0.2, -0.15) is 0 Å². The van der Waals surface area contributed by atoms with Crippen LogP contribution in [-0.4, -0.2) is 38.5 Å². The van der Waals surface area contributed by atoms with E-state index in [1.807, 2.05) is 38.3 Å². The Morgan fingerprint density at radius 1 is 1.45 bits per heavy atom. The molecule has 0 atom stereocenters. The molecule has 0 aromatic carbocycles. The van der Waals surface area contributed by atoms with Crippen LogP contribution in [0.1, 0.15) is 31.5 Å². The molecule has 8 heteroatoms. The number of amides is 1. The van der Waals surface area contributed by atoms with E-state index in [2.05, 4.69) is 10.2 Å². The molecule has 2 heterocycles. The summed E-state index contributed by atoms with van der Waals surface area (Å²) in [5.41, 5.74) is -0.180.